The van der Waals surface area contributed by atoms with Crippen LogP contribution in [0.3, 0.4) is 0 Å². The van der Waals surface area contributed by atoms with E-state index >= 15 is 0 Å². The maximum atomic E-state index is 5.67. The van der Waals surface area contributed by atoms with Gasteiger partial charge in [0, 0.05) is 0 Å². The maximum Gasteiger partial charge on any atom is 1.00 e. The second-order valence-electron chi connectivity index (χ2n) is 5.47. The molecule has 0 unspecified atom stereocenters. The number of nitrogens with zero attached hydrogens (tertiary/aromatic N) is 1. The molecule has 0 N–H and O–H groups in total. The molecule has 0 aliphatic heterocycles. The van der Waals surface area contributed by atoms with Gasteiger partial charge in [-0.15, -0.1) is 0 Å². The van der Waals surface area contributed by atoms with Crippen molar-refractivity contribution in [2.45, 2.75) is 90.6 Å². The van der Waals surface area contributed by atoms with Crippen LogP contribution in [0.2, 0.25) is 36.3 Å². The van der Waals surface area contributed by atoms with Gasteiger partial charge in [-0.2, -0.15) is 0 Å². The number of rotatable bonds is 10. The van der Waals surface area contributed by atoms with Crippen LogP contribution in [0.5, 0.6) is 0 Å². The molecule has 1 nitrogen and oxygen atoms in total. The molecular weight excluding hydrogens is 245 g/mol. The average molecular weight is 280 g/mol. The van der Waals surface area contributed by atoms with E-state index in [1.54, 1.807) is 0 Å². The van der Waals surface area contributed by atoms with Crippen LogP contribution in [0.25, 0.3) is 4.65 Å². The largest absolute Gasteiger partial charge is 1.00 e. The van der Waals surface area contributed by atoms with Crippen molar-refractivity contribution >= 4 is 16.5 Å². The van der Waals surface area contributed by atoms with Gasteiger partial charge in [-0.25, -0.2) is 0 Å². The molecule has 0 heterocycles. The van der Waals surface area contributed by atoms with E-state index in [2.05, 4.69) is 41.5 Å². The van der Waals surface area contributed by atoms with E-state index in [4.69, 9.17) is 4.65 Å². The Kier molecular flexibility index (Phi) is 12.7. The Balaban J connectivity index is 0. The van der Waals surface area contributed by atoms with Crippen molar-refractivity contribution in [3.63, 3.8) is 0 Å². The topological polar surface area (TPSA) is 14.1 Å². The zero-order valence-corrected chi connectivity index (χ0v) is 16.1. The van der Waals surface area contributed by atoms with Crippen molar-refractivity contribution in [1.82, 2.24) is 0 Å². The Labute approximate surface area is 130 Å². The molecule has 0 aromatic carbocycles. The quantitative estimate of drug-likeness (QED) is 0.546. The summed E-state index contributed by atoms with van der Waals surface area (Å²) in [4.78, 5) is 0. The van der Waals surface area contributed by atoms with Crippen LogP contribution in [-0.2, 0) is 0 Å². The summed E-state index contributed by atoms with van der Waals surface area (Å²) in [6.07, 6.45) is 2.67. The molecule has 104 valence electrons. The Bertz CT molecular complexity index is 172. The van der Waals surface area contributed by atoms with E-state index in [0.717, 1.165) is 0 Å². The molecule has 0 atom stereocenters. The van der Waals surface area contributed by atoms with Crippen molar-refractivity contribution in [1.29, 1.82) is 0 Å². The summed E-state index contributed by atoms with van der Waals surface area (Å²) in [6, 6.07) is 8.34. The summed E-state index contributed by atoms with van der Waals surface area (Å²) in [5.74, 6) is 0. The maximum absolute atomic E-state index is 5.67. The van der Waals surface area contributed by atoms with Gasteiger partial charge in [0.2, 0.25) is 0 Å². The zero-order valence-electron chi connectivity index (χ0n) is 14.1. The first kappa shape index (κ1) is 21.3. The van der Waals surface area contributed by atoms with Gasteiger partial charge in [0.1, 0.15) is 0 Å². The fourth-order valence-electron chi connectivity index (χ4n) is 3.07. The first-order chi connectivity index (χ1) is 8.07. The number of hydrogen-bond donors (Lipinski definition) is 0. The van der Waals surface area contributed by atoms with Crippen LogP contribution in [-0.4, -0.2) is 16.5 Å². The van der Waals surface area contributed by atoms with Crippen molar-refractivity contribution < 1.29 is 18.9 Å². The van der Waals surface area contributed by atoms with Crippen molar-refractivity contribution in [3.05, 3.63) is 4.65 Å². The SMILES string of the molecule is CCC[Si](CC)(CC)[N-][Si](CC)(CC)CCC.[Li+]. The Morgan fingerprint density at radius 2 is 0.889 bits per heavy atom. The van der Waals surface area contributed by atoms with E-state index in [0.29, 0.717) is 0 Å². The zero-order chi connectivity index (χ0) is 13.4. The third-order valence-corrected chi connectivity index (χ3v) is 16.5. The van der Waals surface area contributed by atoms with E-state index in [1.165, 1.54) is 49.1 Å². The first-order valence-electron chi connectivity index (χ1n) is 7.81. The molecule has 0 spiro atoms. The smallest absolute Gasteiger partial charge is 0.666 e. The number of hydrogen-bond acceptors (Lipinski definition) is 0. The molecule has 0 saturated carbocycles. The fraction of sp³-hybridized carbons (Fsp3) is 1.00. The molecule has 0 fully saturated rings. The van der Waals surface area contributed by atoms with Gasteiger partial charge in [-0.1, -0.05) is 107 Å². The van der Waals surface area contributed by atoms with Crippen molar-refractivity contribution in [2.24, 2.45) is 0 Å². The molecule has 0 rings (SSSR count). The van der Waals surface area contributed by atoms with Gasteiger partial charge in [0.15, 0.2) is 0 Å². The predicted molar refractivity (Wildman–Crippen MR) is 87.0 cm³/mol. The van der Waals surface area contributed by atoms with Crippen molar-refractivity contribution in [3.8, 4) is 0 Å². The predicted octanol–water partition coefficient (Wildman–Crippen LogP) is 3.15. The van der Waals surface area contributed by atoms with Gasteiger partial charge < -0.3 is 4.65 Å². The Morgan fingerprint density at radius 1 is 0.611 bits per heavy atom. The normalized spacial score (nSPS) is 12.3. The van der Waals surface area contributed by atoms with Crippen LogP contribution in [0.15, 0.2) is 0 Å². The third-order valence-electron chi connectivity index (χ3n) is 4.54. The molecule has 0 aromatic heterocycles. The monoisotopic (exact) mass is 279 g/mol. The van der Waals surface area contributed by atoms with Crippen molar-refractivity contribution in [2.75, 3.05) is 0 Å². The first-order valence-corrected chi connectivity index (χ1v) is 12.9. The summed E-state index contributed by atoms with van der Waals surface area (Å²) in [5, 5.41) is 0. The molecule has 0 aliphatic rings. The molecule has 18 heavy (non-hydrogen) atoms. The van der Waals surface area contributed by atoms with Gasteiger partial charge in [0.05, 0.1) is 0 Å². The summed E-state index contributed by atoms with van der Waals surface area (Å²) in [6.45, 7) is 14.3. The molecule has 4 heteroatoms. The molecule has 0 bridgehead atoms. The van der Waals surface area contributed by atoms with E-state index < -0.39 is 16.5 Å². The fourth-order valence-corrected chi connectivity index (χ4v) is 14.8. The van der Waals surface area contributed by atoms with Crippen LogP contribution < -0.4 is 18.9 Å². The summed E-state index contributed by atoms with van der Waals surface area (Å²) >= 11 is 0. The van der Waals surface area contributed by atoms with Crippen LogP contribution in [0.1, 0.15) is 54.4 Å². The van der Waals surface area contributed by atoms with Gasteiger partial charge in [-0.05, 0) is 0 Å². The van der Waals surface area contributed by atoms with Crippen LogP contribution >= 0.6 is 0 Å². The summed E-state index contributed by atoms with van der Waals surface area (Å²) in [7, 11) is -2.54. The van der Waals surface area contributed by atoms with Gasteiger partial charge in [0.25, 0.3) is 0 Å². The summed E-state index contributed by atoms with van der Waals surface area (Å²) in [5.41, 5.74) is 0. The van der Waals surface area contributed by atoms with Crippen LogP contribution in [0.4, 0.5) is 0 Å². The van der Waals surface area contributed by atoms with E-state index in [9.17, 15) is 0 Å². The molecule has 0 radical (unpaired) electrons. The Hall–Kier alpha value is 0.991. The summed E-state index contributed by atoms with van der Waals surface area (Å²) < 4.78 is 5.67. The van der Waals surface area contributed by atoms with E-state index in [-0.39, 0.29) is 18.9 Å². The molecule has 0 aromatic rings. The third kappa shape index (κ3) is 5.96. The molecule has 0 aliphatic carbocycles. The minimum absolute atomic E-state index is 0. The molecule has 0 amide bonds. The van der Waals surface area contributed by atoms with Gasteiger partial charge in [-0.3, -0.25) is 0 Å². The second kappa shape index (κ2) is 10.7. The average Bonchev–Trinajstić information content (AvgIpc) is 2.37. The molecule has 0 saturated heterocycles. The minimum Gasteiger partial charge on any atom is -0.666 e. The molecular formula is C14H34LiNSi2. The Morgan fingerprint density at radius 3 is 1.06 bits per heavy atom. The standard InChI is InChI=1S/C14H34NSi2.Li/c1-7-13-16(9-3,10-4)15-17(11-5,12-6)14-8-2;/h7-14H2,1-6H3;/q-1;+1. The van der Waals surface area contributed by atoms with Crippen LogP contribution in [0, 0.1) is 0 Å². The van der Waals surface area contributed by atoms with E-state index in [1.807, 2.05) is 0 Å². The second-order valence-corrected chi connectivity index (χ2v) is 15.1. The van der Waals surface area contributed by atoms with Gasteiger partial charge >= 0.3 is 18.9 Å². The minimum atomic E-state index is -1.27.